The first-order chi connectivity index (χ1) is 7.81. The summed E-state index contributed by atoms with van der Waals surface area (Å²) in [5.74, 6) is 0.948. The maximum absolute atomic E-state index is 11.8. The van der Waals surface area contributed by atoms with Crippen LogP contribution >= 0.6 is 23.1 Å². The molecule has 0 aromatic carbocycles. The third kappa shape index (κ3) is 2.71. The molecule has 1 amide bonds. The van der Waals surface area contributed by atoms with Crippen LogP contribution in [0.15, 0.2) is 6.20 Å². The number of hydrogen-bond donors (Lipinski definition) is 1. The minimum atomic E-state index is -0.0722. The molecule has 1 aromatic heterocycles. The maximum Gasteiger partial charge on any atom is 0.264 e. The molecule has 88 valence electrons. The van der Waals surface area contributed by atoms with E-state index in [-0.39, 0.29) is 11.9 Å². The Kier molecular flexibility index (Phi) is 4.12. The number of nitrogens with zero attached hydrogens (tertiary/aromatic N) is 2. The van der Waals surface area contributed by atoms with Gasteiger partial charge in [0.15, 0.2) is 0 Å². The maximum atomic E-state index is 11.8. The van der Waals surface area contributed by atoms with E-state index in [9.17, 15) is 4.79 Å². The van der Waals surface area contributed by atoms with Crippen molar-refractivity contribution < 1.29 is 4.79 Å². The Labute approximate surface area is 104 Å². The van der Waals surface area contributed by atoms with E-state index in [1.54, 1.807) is 0 Å². The topological polar surface area (TPSA) is 54.9 Å². The van der Waals surface area contributed by atoms with Gasteiger partial charge in [-0.1, -0.05) is 17.3 Å². The van der Waals surface area contributed by atoms with E-state index in [2.05, 4.69) is 14.9 Å². The van der Waals surface area contributed by atoms with Gasteiger partial charge in [0, 0.05) is 11.9 Å². The molecule has 0 aliphatic heterocycles. The van der Waals surface area contributed by atoms with Gasteiger partial charge in [0.2, 0.25) is 0 Å². The van der Waals surface area contributed by atoms with Crippen LogP contribution in [0.25, 0.3) is 0 Å². The molecule has 6 heteroatoms. The molecule has 4 nitrogen and oxygen atoms in total. The number of rotatable bonds is 3. The molecule has 2 atom stereocenters. The average molecular weight is 260 g/mol. The van der Waals surface area contributed by atoms with Crippen LogP contribution in [0.3, 0.4) is 0 Å². The Hall–Kier alpha value is -0.680. The lowest BCUT2D eigenvalue weighted by Gasteiger charge is -2.30. The molecule has 2 rings (SSSR count). The van der Waals surface area contributed by atoms with Crippen LogP contribution in [0.2, 0.25) is 0 Å². The Balaban J connectivity index is 1.95. The highest BCUT2D eigenvalue weighted by Crippen LogP contribution is 2.25. The molecule has 1 fully saturated rings. The number of amides is 1. The van der Waals surface area contributed by atoms with Crippen molar-refractivity contribution in [3.8, 4) is 0 Å². The summed E-state index contributed by atoms with van der Waals surface area (Å²) in [5.41, 5.74) is 0. The van der Waals surface area contributed by atoms with E-state index < -0.39 is 0 Å². The Morgan fingerprint density at radius 2 is 2.38 bits per heavy atom. The summed E-state index contributed by atoms with van der Waals surface area (Å²) in [4.78, 5) is 12.4. The zero-order valence-corrected chi connectivity index (χ0v) is 10.4. The molecule has 0 saturated heterocycles. The lowest BCUT2D eigenvalue weighted by atomic mass is 9.86. The van der Waals surface area contributed by atoms with Crippen LogP contribution in [0.5, 0.6) is 0 Å². The summed E-state index contributed by atoms with van der Waals surface area (Å²) in [6.45, 7) is 0. The highest BCUT2D eigenvalue weighted by atomic mass is 35.5. The van der Waals surface area contributed by atoms with Gasteiger partial charge >= 0.3 is 0 Å². The van der Waals surface area contributed by atoms with Crippen molar-refractivity contribution in [1.29, 1.82) is 0 Å². The third-order valence-corrected chi connectivity index (χ3v) is 4.07. The third-order valence-electron chi connectivity index (χ3n) is 3.01. The summed E-state index contributed by atoms with van der Waals surface area (Å²) in [6, 6.07) is 0.209. The molecule has 1 saturated carbocycles. The summed E-state index contributed by atoms with van der Waals surface area (Å²) in [5, 5.41) is 6.69. The number of carbonyl (C=O) groups is 1. The van der Waals surface area contributed by atoms with Gasteiger partial charge in [-0.25, -0.2) is 0 Å². The first kappa shape index (κ1) is 11.8. The van der Waals surface area contributed by atoms with Gasteiger partial charge in [0.25, 0.3) is 5.91 Å². The van der Waals surface area contributed by atoms with Crippen LogP contribution in [0, 0.1) is 5.92 Å². The highest BCUT2D eigenvalue weighted by Gasteiger charge is 2.26. The lowest BCUT2D eigenvalue weighted by molar-refractivity contribution is 0.0915. The molecule has 1 aliphatic carbocycles. The van der Waals surface area contributed by atoms with Gasteiger partial charge in [0.05, 0.1) is 6.20 Å². The molecular weight excluding hydrogens is 246 g/mol. The highest BCUT2D eigenvalue weighted by molar-refractivity contribution is 7.07. The Morgan fingerprint density at radius 1 is 1.56 bits per heavy atom. The normalized spacial score (nSPS) is 25.3. The second-order valence-corrected chi connectivity index (χ2v) is 5.15. The standard InChI is InChI=1S/C10H14ClN3OS/c11-5-7-3-1-2-4-8(7)13-10(15)9-6-12-14-16-9/h6-8H,1-5H2,(H,13,15). The number of halogens is 1. The summed E-state index contributed by atoms with van der Waals surface area (Å²) >= 11 is 7.03. The largest absolute Gasteiger partial charge is 0.348 e. The van der Waals surface area contributed by atoms with Crippen LogP contribution < -0.4 is 5.32 Å². The van der Waals surface area contributed by atoms with Crippen molar-refractivity contribution in [2.24, 2.45) is 5.92 Å². The number of alkyl halides is 1. The zero-order valence-electron chi connectivity index (χ0n) is 8.86. The van der Waals surface area contributed by atoms with Crippen molar-refractivity contribution in [3.05, 3.63) is 11.1 Å². The molecule has 0 radical (unpaired) electrons. The van der Waals surface area contributed by atoms with Gasteiger partial charge in [-0.15, -0.1) is 16.7 Å². The summed E-state index contributed by atoms with van der Waals surface area (Å²) < 4.78 is 3.68. The Morgan fingerprint density at radius 3 is 3.06 bits per heavy atom. The molecular formula is C10H14ClN3OS. The number of nitrogens with one attached hydrogen (secondary N) is 1. The predicted octanol–water partition coefficient (Wildman–Crippen LogP) is 2.07. The van der Waals surface area contributed by atoms with E-state index in [0.29, 0.717) is 16.7 Å². The molecule has 2 unspecified atom stereocenters. The van der Waals surface area contributed by atoms with Crippen molar-refractivity contribution in [3.63, 3.8) is 0 Å². The molecule has 1 aliphatic rings. The van der Waals surface area contributed by atoms with Crippen molar-refractivity contribution >= 4 is 29.0 Å². The first-order valence-corrected chi connectivity index (χ1v) is 6.76. The van der Waals surface area contributed by atoms with E-state index in [1.165, 1.54) is 19.0 Å². The molecule has 1 heterocycles. The second kappa shape index (κ2) is 5.59. The zero-order chi connectivity index (χ0) is 11.4. The quantitative estimate of drug-likeness (QED) is 0.846. The van der Waals surface area contributed by atoms with Crippen LogP contribution in [-0.4, -0.2) is 27.4 Å². The van der Waals surface area contributed by atoms with Gasteiger partial charge in [-0.2, -0.15) is 0 Å². The first-order valence-electron chi connectivity index (χ1n) is 5.45. The summed E-state index contributed by atoms with van der Waals surface area (Å²) in [7, 11) is 0. The molecule has 0 bridgehead atoms. The lowest BCUT2D eigenvalue weighted by Crippen LogP contribution is -2.42. The van der Waals surface area contributed by atoms with E-state index in [4.69, 9.17) is 11.6 Å². The fraction of sp³-hybridized carbons (Fsp3) is 0.700. The van der Waals surface area contributed by atoms with Crippen LogP contribution in [-0.2, 0) is 0 Å². The van der Waals surface area contributed by atoms with E-state index in [1.807, 2.05) is 0 Å². The summed E-state index contributed by atoms with van der Waals surface area (Å²) in [6.07, 6.45) is 6.01. The molecule has 1 aromatic rings. The van der Waals surface area contributed by atoms with Crippen molar-refractivity contribution in [2.45, 2.75) is 31.7 Å². The van der Waals surface area contributed by atoms with Crippen LogP contribution in [0.1, 0.15) is 35.4 Å². The van der Waals surface area contributed by atoms with Crippen molar-refractivity contribution in [1.82, 2.24) is 14.9 Å². The fourth-order valence-electron chi connectivity index (χ4n) is 2.09. The number of aromatic nitrogens is 2. The number of carbonyl (C=O) groups excluding carboxylic acids is 1. The van der Waals surface area contributed by atoms with Crippen molar-refractivity contribution in [2.75, 3.05) is 5.88 Å². The van der Waals surface area contributed by atoms with E-state index in [0.717, 1.165) is 24.4 Å². The minimum absolute atomic E-state index is 0.0722. The second-order valence-electron chi connectivity index (χ2n) is 4.06. The molecule has 16 heavy (non-hydrogen) atoms. The predicted molar refractivity (Wildman–Crippen MR) is 63.8 cm³/mol. The van der Waals surface area contributed by atoms with E-state index >= 15 is 0 Å². The average Bonchev–Trinajstić information content (AvgIpc) is 2.83. The Bertz CT molecular complexity index is 344. The minimum Gasteiger partial charge on any atom is -0.348 e. The van der Waals surface area contributed by atoms with Gasteiger partial charge in [-0.3, -0.25) is 4.79 Å². The van der Waals surface area contributed by atoms with Gasteiger partial charge in [-0.05, 0) is 30.3 Å². The van der Waals surface area contributed by atoms with Crippen LogP contribution in [0.4, 0.5) is 0 Å². The SMILES string of the molecule is O=C(NC1CCCCC1CCl)c1cnns1. The fourth-order valence-corrected chi connectivity index (χ4v) is 2.88. The van der Waals surface area contributed by atoms with Gasteiger partial charge in [0.1, 0.15) is 4.88 Å². The molecule has 1 N–H and O–H groups in total. The number of hydrogen-bond acceptors (Lipinski definition) is 4. The molecule has 0 spiro atoms. The van der Waals surface area contributed by atoms with Gasteiger partial charge < -0.3 is 5.32 Å². The monoisotopic (exact) mass is 259 g/mol. The smallest absolute Gasteiger partial charge is 0.264 e.